The van der Waals surface area contributed by atoms with Gasteiger partial charge in [-0.25, -0.2) is 0 Å². The molecule has 29 heteroatoms. The molecule has 17 N–H and O–H groups in total. The van der Waals surface area contributed by atoms with E-state index in [2.05, 4.69) is 58.5 Å². The average Bonchev–Trinajstić information content (AvgIpc) is 1.18. The topological polar surface area (TPSA) is 464 Å². The lowest BCUT2D eigenvalue weighted by atomic mass is 9.97. The van der Waals surface area contributed by atoms with Gasteiger partial charge in [0.2, 0.25) is 70.9 Å². The predicted octanol–water partition coefficient (Wildman–Crippen LogP) is -0.481. The molecule has 29 nitrogen and oxygen atoms in total. The Morgan fingerprint density at radius 2 is 0.714 bits per heavy atom. The number of carboxylic acids is 2. The van der Waals surface area contributed by atoms with Crippen molar-refractivity contribution in [2.24, 2.45) is 52.9 Å². The first-order valence-corrected chi connectivity index (χ1v) is 31.1. The molecule has 1 rings (SSSR count). The van der Waals surface area contributed by atoms with E-state index in [-0.39, 0.29) is 61.7 Å². The lowest BCUT2D eigenvalue weighted by Gasteiger charge is -2.30. The third kappa shape index (κ3) is 31.9. The van der Waals surface area contributed by atoms with Gasteiger partial charge < -0.3 is 80.2 Å². The molecule has 0 aliphatic rings. The minimum atomic E-state index is -1.65. The molecule has 512 valence electrons. The minimum absolute atomic E-state index is 0.0508. The van der Waals surface area contributed by atoms with Gasteiger partial charge in [0.15, 0.2) is 0 Å². The normalized spacial score (nSPS) is 14.7. The van der Waals surface area contributed by atoms with Gasteiger partial charge in [0, 0.05) is 19.3 Å². The van der Waals surface area contributed by atoms with Crippen LogP contribution in [0.1, 0.15) is 154 Å². The first-order chi connectivity index (χ1) is 42.3. The Bertz CT molecular complexity index is 2630. The lowest BCUT2D eigenvalue weighted by molar-refractivity contribution is -0.139. The maximum absolute atomic E-state index is 14.2. The van der Waals surface area contributed by atoms with Crippen molar-refractivity contribution in [3.63, 3.8) is 0 Å². The molecule has 10 atom stereocenters. The summed E-state index contributed by atoms with van der Waals surface area (Å²) >= 11 is 0. The zero-order valence-electron chi connectivity index (χ0n) is 55.2. The van der Waals surface area contributed by atoms with E-state index in [1.165, 1.54) is 13.8 Å². The zero-order chi connectivity index (χ0) is 69.6. The van der Waals surface area contributed by atoms with Crippen LogP contribution in [0.25, 0.3) is 0 Å². The van der Waals surface area contributed by atoms with Crippen molar-refractivity contribution in [2.45, 2.75) is 215 Å². The molecule has 0 aromatic heterocycles. The maximum atomic E-state index is 14.2. The number of hydrogen-bond donors (Lipinski definition) is 15. The van der Waals surface area contributed by atoms with Crippen LogP contribution in [0.4, 0.5) is 0 Å². The average molecular weight is 1290 g/mol. The van der Waals surface area contributed by atoms with Crippen molar-refractivity contribution in [3.05, 3.63) is 35.9 Å². The number of nitrogens with two attached hydrogens (primary N) is 2. The van der Waals surface area contributed by atoms with Gasteiger partial charge in [-0.3, -0.25) is 67.1 Å². The van der Waals surface area contributed by atoms with Gasteiger partial charge in [0.1, 0.15) is 60.9 Å². The van der Waals surface area contributed by atoms with Crippen LogP contribution in [0.3, 0.4) is 0 Å². The highest BCUT2D eigenvalue weighted by Gasteiger charge is 2.37. The van der Waals surface area contributed by atoms with Crippen molar-refractivity contribution in [1.29, 1.82) is 0 Å². The summed E-state index contributed by atoms with van der Waals surface area (Å²) in [6.45, 7) is 23.0. The highest BCUT2D eigenvalue weighted by molar-refractivity contribution is 5.99. The fourth-order valence-corrected chi connectivity index (χ4v) is 9.40. The zero-order valence-corrected chi connectivity index (χ0v) is 55.2. The van der Waals surface area contributed by atoms with Crippen molar-refractivity contribution in [3.8, 4) is 0 Å². The maximum Gasteiger partial charge on any atom is 0.322 e. The molecule has 0 heterocycles. The number of benzene rings is 1. The number of carbonyl (C=O) groups excluding carboxylic acids is 12. The molecule has 0 radical (unpaired) electrons. The molecule has 0 saturated carbocycles. The van der Waals surface area contributed by atoms with E-state index in [0.29, 0.717) is 12.0 Å². The standard InChI is InChI=1S/C62H103N13O16/c1-31(2)24-39(63)53(82)73-50(35(9)10)61(90)72-43(26-33(5)6)57(86)70-44(27-34(7)8)59(88)75-52(37(13)14)62(91)71-42(25-32(3)4)55(84)65-29-47(77)67-45(28-38-18-16-15-17-19-38)58(87)68-41(21-23-48(78)79)56(85)74-51(36(11)12)60(89)69-40(20-22-46(64)76)54(83)66-30-49(80)81/h15-19,31-37,39-45,50-52H,20-30,63H2,1-14H3,(H2,64,76)(H,65,84)(H,66,83)(H,67,77)(H,68,87)(H,69,89)(H,70,86)(H,71,91)(H,72,90)(H,73,82)(H,74,85)(H,75,88)(H,78,79)(H,80,81)/t39-,40-,41-,42-,43-,44-,45-,50-,51-,52-/m0/s1. The van der Waals surface area contributed by atoms with Crippen LogP contribution in [0, 0.1) is 41.4 Å². The summed E-state index contributed by atoms with van der Waals surface area (Å²) in [7, 11) is 0. The molecule has 0 bridgehead atoms. The Hall–Kier alpha value is -8.24. The minimum Gasteiger partial charge on any atom is -0.481 e. The number of nitrogens with one attached hydrogen (secondary N) is 11. The van der Waals surface area contributed by atoms with Gasteiger partial charge in [0.05, 0.1) is 12.6 Å². The monoisotopic (exact) mass is 1290 g/mol. The number of hydrogen-bond acceptors (Lipinski definition) is 15. The summed E-state index contributed by atoms with van der Waals surface area (Å²) in [5.74, 6) is -14.6. The summed E-state index contributed by atoms with van der Waals surface area (Å²) in [5, 5.41) is 46.9. The summed E-state index contributed by atoms with van der Waals surface area (Å²) in [6, 6.07) is -4.53. The summed E-state index contributed by atoms with van der Waals surface area (Å²) < 4.78 is 0. The molecular formula is C62H103N13O16. The molecular weight excluding hydrogens is 1180 g/mol. The fourth-order valence-electron chi connectivity index (χ4n) is 9.40. The number of rotatable bonds is 42. The van der Waals surface area contributed by atoms with E-state index in [1.54, 1.807) is 71.9 Å². The van der Waals surface area contributed by atoms with E-state index in [0.717, 1.165) is 0 Å². The van der Waals surface area contributed by atoms with Crippen molar-refractivity contribution in [2.75, 3.05) is 13.1 Å². The highest BCUT2D eigenvalue weighted by atomic mass is 16.4. The molecule has 0 saturated heterocycles. The van der Waals surface area contributed by atoms with Gasteiger partial charge in [-0.05, 0) is 85.5 Å². The molecule has 91 heavy (non-hydrogen) atoms. The fraction of sp³-hybridized carbons (Fsp3) is 0.677. The Morgan fingerprint density at radius 1 is 0.374 bits per heavy atom. The molecule has 0 aliphatic heterocycles. The van der Waals surface area contributed by atoms with Crippen LogP contribution >= 0.6 is 0 Å². The van der Waals surface area contributed by atoms with Crippen LogP contribution in [-0.4, -0.2) is 167 Å². The number of carbonyl (C=O) groups is 14. The number of aliphatic carboxylic acids is 2. The molecule has 0 aliphatic carbocycles. The van der Waals surface area contributed by atoms with Gasteiger partial charge in [-0.1, -0.05) is 127 Å². The smallest absolute Gasteiger partial charge is 0.322 e. The Kier molecular flexibility index (Phi) is 35.9. The SMILES string of the molecule is CC(C)C[C@H](NC(=O)[C@H](CC(C)C)NC(=O)[C@@H](NC(=O)[C@@H](N)CC(C)C)C(C)C)C(=O)N[C@H](C(=O)N[C@@H](CC(C)C)C(=O)NCC(=O)N[C@@H](Cc1ccccc1)C(=O)N[C@@H](CCC(=O)O)C(=O)N[C@H](C(=O)N[C@@H](CCC(N)=O)C(=O)NCC(=O)O)C(C)C)C(C)C. The highest BCUT2D eigenvalue weighted by Crippen LogP contribution is 2.15. The van der Waals surface area contributed by atoms with Gasteiger partial charge in [0.25, 0.3) is 0 Å². The van der Waals surface area contributed by atoms with Crippen molar-refractivity contribution in [1.82, 2.24) is 58.5 Å². The number of carboxylic acid groups (broad SMARTS) is 2. The Balaban J connectivity index is 3.45. The second kappa shape index (κ2) is 40.5. The molecule has 0 fully saturated rings. The summed E-state index contributed by atoms with van der Waals surface area (Å²) in [6.07, 6.45) is -1.37. The quantitative estimate of drug-likeness (QED) is 0.0393. The van der Waals surface area contributed by atoms with Gasteiger partial charge in [-0.15, -0.1) is 0 Å². The second-order valence-electron chi connectivity index (χ2n) is 25.7. The number of primary amides is 1. The van der Waals surface area contributed by atoms with Crippen LogP contribution in [0.5, 0.6) is 0 Å². The molecule has 1 aromatic carbocycles. The molecule has 0 spiro atoms. The van der Waals surface area contributed by atoms with Crippen LogP contribution < -0.4 is 70.0 Å². The van der Waals surface area contributed by atoms with E-state index < -0.39 is 187 Å². The lowest BCUT2D eigenvalue weighted by Crippen LogP contribution is -2.61. The van der Waals surface area contributed by atoms with Crippen LogP contribution in [-0.2, 0) is 73.5 Å². The van der Waals surface area contributed by atoms with Crippen molar-refractivity contribution >= 4 is 82.8 Å². The molecule has 1 aromatic rings. The Labute approximate surface area is 533 Å². The number of amides is 12. The van der Waals surface area contributed by atoms with E-state index in [4.69, 9.17) is 16.6 Å². The van der Waals surface area contributed by atoms with Crippen LogP contribution in [0.15, 0.2) is 30.3 Å². The Morgan fingerprint density at radius 3 is 1.13 bits per heavy atom. The second-order valence-corrected chi connectivity index (χ2v) is 25.7. The van der Waals surface area contributed by atoms with E-state index in [9.17, 15) is 72.2 Å². The largest absolute Gasteiger partial charge is 0.481 e. The summed E-state index contributed by atoms with van der Waals surface area (Å²) in [5.41, 5.74) is 11.9. The van der Waals surface area contributed by atoms with E-state index >= 15 is 0 Å². The first kappa shape index (κ1) is 80.8. The first-order valence-electron chi connectivity index (χ1n) is 31.1. The third-order valence-electron chi connectivity index (χ3n) is 14.2. The van der Waals surface area contributed by atoms with Gasteiger partial charge in [-0.2, -0.15) is 0 Å². The molecule has 0 unspecified atom stereocenters. The van der Waals surface area contributed by atoms with Gasteiger partial charge >= 0.3 is 11.9 Å². The summed E-state index contributed by atoms with van der Waals surface area (Å²) in [4.78, 5) is 186. The van der Waals surface area contributed by atoms with E-state index in [1.807, 2.05) is 41.5 Å². The third-order valence-corrected chi connectivity index (χ3v) is 14.2. The van der Waals surface area contributed by atoms with Crippen LogP contribution in [0.2, 0.25) is 0 Å². The van der Waals surface area contributed by atoms with Crippen molar-refractivity contribution < 1.29 is 77.3 Å². The predicted molar refractivity (Wildman–Crippen MR) is 337 cm³/mol. The molecule has 12 amide bonds.